The highest BCUT2D eigenvalue weighted by molar-refractivity contribution is 7.13. The van der Waals surface area contributed by atoms with Crippen molar-refractivity contribution in [3.8, 4) is 0 Å². The number of hydrogen-bond acceptors (Lipinski definition) is 6. The highest BCUT2D eigenvalue weighted by atomic mass is 32.1. The van der Waals surface area contributed by atoms with E-state index in [0.717, 1.165) is 37.1 Å². The van der Waals surface area contributed by atoms with Crippen LogP contribution in [0.15, 0.2) is 4.99 Å². The van der Waals surface area contributed by atoms with Gasteiger partial charge in [-0.05, 0) is 52.4 Å². The number of rotatable bonds is 10. The topological polar surface area (TPSA) is 84.8 Å². The van der Waals surface area contributed by atoms with E-state index in [1.165, 1.54) is 37.0 Å². The molecule has 1 unspecified atom stereocenters. The van der Waals surface area contributed by atoms with Crippen LogP contribution in [0, 0.1) is 12.3 Å². The second kappa shape index (κ2) is 11.5. The molecular weight excluding hydrogens is 388 g/mol. The summed E-state index contributed by atoms with van der Waals surface area (Å²) in [5, 5.41) is 7.77. The van der Waals surface area contributed by atoms with Crippen LogP contribution >= 0.6 is 11.3 Å². The van der Waals surface area contributed by atoms with Gasteiger partial charge in [-0.3, -0.25) is 4.99 Å². The normalized spacial score (nSPS) is 17.2. The Morgan fingerprint density at radius 1 is 1.31 bits per heavy atom. The molecule has 164 valence electrons. The Morgan fingerprint density at radius 3 is 2.66 bits per heavy atom. The van der Waals surface area contributed by atoms with E-state index >= 15 is 0 Å². The molecule has 0 aliphatic heterocycles. The molecule has 0 bridgehead atoms. The standard InChI is InChI=1S/C21H36N4O3S/c1-6-27-13-12-21(10-8-9-11-21)14-23-20(22-5)25-16(4)18-24-15(3)17(29-18)19(26)28-7-2/h16H,6-14H2,1-5H3,(H2,22,23,25). The van der Waals surface area contributed by atoms with Gasteiger partial charge in [-0.2, -0.15) is 0 Å². The van der Waals surface area contributed by atoms with E-state index in [-0.39, 0.29) is 17.4 Å². The summed E-state index contributed by atoms with van der Waals surface area (Å²) in [6.07, 6.45) is 6.11. The monoisotopic (exact) mass is 424 g/mol. The van der Waals surface area contributed by atoms with E-state index in [1.807, 2.05) is 20.8 Å². The molecule has 2 rings (SSSR count). The summed E-state index contributed by atoms with van der Waals surface area (Å²) in [4.78, 5) is 21.6. The molecule has 29 heavy (non-hydrogen) atoms. The Kier molecular flexibility index (Phi) is 9.36. The molecule has 0 aromatic carbocycles. The molecule has 1 heterocycles. The number of esters is 1. The summed E-state index contributed by atoms with van der Waals surface area (Å²) in [7, 11) is 1.78. The lowest BCUT2D eigenvalue weighted by atomic mass is 9.83. The van der Waals surface area contributed by atoms with Crippen LogP contribution in [-0.4, -0.2) is 50.3 Å². The zero-order valence-electron chi connectivity index (χ0n) is 18.5. The molecule has 1 atom stereocenters. The summed E-state index contributed by atoms with van der Waals surface area (Å²) in [5.41, 5.74) is 0.992. The number of thiazole rings is 1. The van der Waals surface area contributed by atoms with Crippen LogP contribution in [0.3, 0.4) is 0 Å². The van der Waals surface area contributed by atoms with Crippen molar-refractivity contribution < 1.29 is 14.3 Å². The number of guanidine groups is 1. The van der Waals surface area contributed by atoms with E-state index in [1.54, 1.807) is 14.0 Å². The number of nitrogens with zero attached hydrogens (tertiary/aromatic N) is 2. The number of carbonyl (C=O) groups excluding carboxylic acids is 1. The van der Waals surface area contributed by atoms with Crippen LogP contribution < -0.4 is 10.6 Å². The molecule has 7 nitrogen and oxygen atoms in total. The van der Waals surface area contributed by atoms with E-state index in [4.69, 9.17) is 9.47 Å². The van der Waals surface area contributed by atoms with Crippen LogP contribution in [0.2, 0.25) is 0 Å². The Balaban J connectivity index is 1.95. The van der Waals surface area contributed by atoms with Gasteiger partial charge in [-0.15, -0.1) is 11.3 Å². The maximum atomic E-state index is 12.1. The number of aliphatic imine (C=N–C) groups is 1. The van der Waals surface area contributed by atoms with Gasteiger partial charge in [0, 0.05) is 26.8 Å². The van der Waals surface area contributed by atoms with E-state index in [0.29, 0.717) is 17.2 Å². The average molecular weight is 425 g/mol. The number of ether oxygens (including phenoxy) is 2. The third kappa shape index (κ3) is 6.67. The maximum Gasteiger partial charge on any atom is 0.350 e. The highest BCUT2D eigenvalue weighted by Crippen LogP contribution is 2.40. The van der Waals surface area contributed by atoms with Crippen LogP contribution in [0.4, 0.5) is 0 Å². The first-order valence-corrected chi connectivity index (χ1v) is 11.5. The molecule has 0 amide bonds. The largest absolute Gasteiger partial charge is 0.462 e. The molecule has 1 aliphatic rings. The van der Waals surface area contributed by atoms with Crippen molar-refractivity contribution in [1.82, 2.24) is 15.6 Å². The van der Waals surface area contributed by atoms with Gasteiger partial charge in [0.1, 0.15) is 9.88 Å². The zero-order valence-corrected chi connectivity index (χ0v) is 19.3. The number of aromatic nitrogens is 1. The molecule has 1 aromatic heterocycles. The highest BCUT2D eigenvalue weighted by Gasteiger charge is 2.33. The lowest BCUT2D eigenvalue weighted by molar-refractivity contribution is 0.0531. The predicted molar refractivity (Wildman–Crippen MR) is 118 cm³/mol. The van der Waals surface area contributed by atoms with Gasteiger partial charge in [0.05, 0.1) is 18.3 Å². The summed E-state index contributed by atoms with van der Waals surface area (Å²) in [5.74, 6) is 0.451. The molecule has 1 aromatic rings. The Labute approximate surface area is 178 Å². The Morgan fingerprint density at radius 2 is 2.03 bits per heavy atom. The van der Waals surface area contributed by atoms with E-state index in [9.17, 15) is 4.79 Å². The number of nitrogens with one attached hydrogen (secondary N) is 2. The number of hydrogen-bond donors (Lipinski definition) is 2. The molecule has 8 heteroatoms. The van der Waals surface area contributed by atoms with Crippen molar-refractivity contribution in [2.75, 3.05) is 33.4 Å². The molecule has 1 saturated carbocycles. The fraction of sp³-hybridized carbons (Fsp3) is 0.762. The van der Waals surface area contributed by atoms with Gasteiger partial charge in [-0.1, -0.05) is 12.8 Å². The second-order valence-corrected chi connectivity index (χ2v) is 8.66. The number of carbonyl (C=O) groups is 1. The minimum Gasteiger partial charge on any atom is -0.462 e. The lowest BCUT2D eigenvalue weighted by Crippen LogP contribution is -2.44. The minimum atomic E-state index is -0.305. The molecule has 0 radical (unpaired) electrons. The van der Waals surface area contributed by atoms with Crippen molar-refractivity contribution in [1.29, 1.82) is 0 Å². The van der Waals surface area contributed by atoms with Crippen molar-refractivity contribution in [3.05, 3.63) is 15.6 Å². The first-order valence-electron chi connectivity index (χ1n) is 10.6. The van der Waals surface area contributed by atoms with Crippen LogP contribution in [-0.2, 0) is 9.47 Å². The average Bonchev–Trinajstić information content (AvgIpc) is 3.32. The van der Waals surface area contributed by atoms with Crippen LogP contribution in [0.5, 0.6) is 0 Å². The van der Waals surface area contributed by atoms with E-state index in [2.05, 4.69) is 20.6 Å². The quantitative estimate of drug-likeness (QED) is 0.257. The fourth-order valence-corrected chi connectivity index (χ4v) is 4.76. The van der Waals surface area contributed by atoms with Gasteiger partial charge in [-0.25, -0.2) is 9.78 Å². The van der Waals surface area contributed by atoms with Crippen LogP contribution in [0.25, 0.3) is 0 Å². The summed E-state index contributed by atoms with van der Waals surface area (Å²) in [6.45, 7) is 10.6. The van der Waals surface area contributed by atoms with Crippen molar-refractivity contribution in [2.24, 2.45) is 10.4 Å². The SMILES string of the molecule is CCOCCC1(CNC(=NC)NC(C)c2nc(C)c(C(=O)OCC)s2)CCCC1. The van der Waals surface area contributed by atoms with Gasteiger partial charge in [0.2, 0.25) is 0 Å². The predicted octanol–water partition coefficient (Wildman–Crippen LogP) is 3.84. The minimum absolute atomic E-state index is 0.0592. The van der Waals surface area contributed by atoms with Gasteiger partial charge in [0.25, 0.3) is 0 Å². The molecular formula is C21H36N4O3S. The third-order valence-corrected chi connectivity index (χ3v) is 6.82. The summed E-state index contributed by atoms with van der Waals surface area (Å²) >= 11 is 1.38. The molecule has 1 aliphatic carbocycles. The van der Waals surface area contributed by atoms with Crippen molar-refractivity contribution in [3.63, 3.8) is 0 Å². The molecule has 1 fully saturated rings. The molecule has 0 spiro atoms. The molecule has 0 saturated heterocycles. The van der Waals surface area contributed by atoms with Gasteiger partial charge >= 0.3 is 5.97 Å². The van der Waals surface area contributed by atoms with Crippen molar-refractivity contribution in [2.45, 2.75) is 65.8 Å². The summed E-state index contributed by atoms with van der Waals surface area (Å²) in [6, 6.07) is -0.0592. The first-order chi connectivity index (χ1) is 13.9. The van der Waals surface area contributed by atoms with E-state index < -0.39 is 0 Å². The first kappa shape index (κ1) is 23.6. The third-order valence-electron chi connectivity index (χ3n) is 5.50. The van der Waals surface area contributed by atoms with Gasteiger partial charge in [0.15, 0.2) is 5.96 Å². The maximum absolute atomic E-state index is 12.1. The fourth-order valence-electron chi connectivity index (χ4n) is 3.79. The van der Waals surface area contributed by atoms with Crippen LogP contribution in [0.1, 0.15) is 79.3 Å². The number of aryl methyl sites for hydroxylation is 1. The van der Waals surface area contributed by atoms with Gasteiger partial charge < -0.3 is 20.1 Å². The smallest absolute Gasteiger partial charge is 0.350 e. The molecule has 2 N–H and O–H groups in total. The Hall–Kier alpha value is -1.67. The van der Waals surface area contributed by atoms with Crippen molar-refractivity contribution >= 4 is 23.3 Å². The summed E-state index contributed by atoms with van der Waals surface area (Å²) < 4.78 is 10.7. The Bertz CT molecular complexity index is 683. The lowest BCUT2D eigenvalue weighted by Gasteiger charge is -2.30. The zero-order chi connectivity index (χ0) is 21.3. The second-order valence-electron chi connectivity index (χ2n) is 7.63.